The zero-order chi connectivity index (χ0) is 13.8. The van der Waals surface area contributed by atoms with Crippen LogP contribution in [0.3, 0.4) is 0 Å². The molecule has 19 heavy (non-hydrogen) atoms. The van der Waals surface area contributed by atoms with E-state index in [-0.39, 0.29) is 18.4 Å². The summed E-state index contributed by atoms with van der Waals surface area (Å²) in [7, 11) is 1.67. The van der Waals surface area contributed by atoms with Crippen molar-refractivity contribution in [1.29, 1.82) is 0 Å². The highest BCUT2D eigenvalue weighted by atomic mass is 79.9. The standard InChI is InChI=1S/C14H17BrN2O2/c1-16(10-13(18)17-8-2-3-9-17)14(19)11-4-6-12(15)7-5-11/h4-7H,2-3,8-10H2,1H3. The van der Waals surface area contributed by atoms with Crippen LogP contribution in [0.4, 0.5) is 0 Å². The number of halogens is 1. The van der Waals surface area contributed by atoms with E-state index in [0.717, 1.165) is 30.4 Å². The SMILES string of the molecule is CN(CC(=O)N1CCCC1)C(=O)c1ccc(Br)cc1. The highest BCUT2D eigenvalue weighted by molar-refractivity contribution is 9.10. The van der Waals surface area contributed by atoms with Gasteiger partial charge in [-0.15, -0.1) is 0 Å². The molecular formula is C14H17BrN2O2. The van der Waals surface area contributed by atoms with E-state index in [2.05, 4.69) is 15.9 Å². The number of likely N-dealkylation sites (tertiary alicyclic amines) is 1. The molecule has 1 fully saturated rings. The van der Waals surface area contributed by atoms with Crippen molar-refractivity contribution in [3.8, 4) is 0 Å². The van der Waals surface area contributed by atoms with Crippen molar-refractivity contribution in [3.05, 3.63) is 34.3 Å². The first-order valence-corrected chi connectivity index (χ1v) is 7.16. The number of hydrogen-bond donors (Lipinski definition) is 0. The molecule has 0 radical (unpaired) electrons. The lowest BCUT2D eigenvalue weighted by Gasteiger charge is -2.21. The normalized spacial score (nSPS) is 14.5. The number of likely N-dealkylation sites (N-methyl/N-ethyl adjacent to an activating group) is 1. The zero-order valence-electron chi connectivity index (χ0n) is 10.9. The maximum Gasteiger partial charge on any atom is 0.254 e. The van der Waals surface area contributed by atoms with Gasteiger partial charge in [-0.05, 0) is 37.1 Å². The van der Waals surface area contributed by atoms with Crippen LogP contribution < -0.4 is 0 Å². The molecule has 4 nitrogen and oxygen atoms in total. The van der Waals surface area contributed by atoms with E-state index >= 15 is 0 Å². The quantitative estimate of drug-likeness (QED) is 0.854. The van der Waals surface area contributed by atoms with Crippen LogP contribution in [0.1, 0.15) is 23.2 Å². The fourth-order valence-electron chi connectivity index (χ4n) is 2.15. The molecule has 1 aromatic carbocycles. The molecule has 102 valence electrons. The van der Waals surface area contributed by atoms with Gasteiger partial charge < -0.3 is 9.80 Å². The number of hydrogen-bond acceptors (Lipinski definition) is 2. The maximum atomic E-state index is 12.1. The lowest BCUT2D eigenvalue weighted by atomic mass is 10.2. The van der Waals surface area contributed by atoms with E-state index in [9.17, 15) is 9.59 Å². The molecular weight excluding hydrogens is 308 g/mol. The first-order chi connectivity index (χ1) is 9.08. The van der Waals surface area contributed by atoms with E-state index < -0.39 is 0 Å². The van der Waals surface area contributed by atoms with Gasteiger partial charge in [0.2, 0.25) is 5.91 Å². The Morgan fingerprint density at radius 1 is 1.21 bits per heavy atom. The van der Waals surface area contributed by atoms with Gasteiger partial charge in [-0.1, -0.05) is 15.9 Å². The van der Waals surface area contributed by atoms with Crippen molar-refractivity contribution in [2.24, 2.45) is 0 Å². The largest absolute Gasteiger partial charge is 0.341 e. The number of amides is 2. The minimum absolute atomic E-state index is 0.0328. The van der Waals surface area contributed by atoms with Crippen LogP contribution in [0, 0.1) is 0 Å². The molecule has 1 aliphatic rings. The predicted molar refractivity (Wildman–Crippen MR) is 76.9 cm³/mol. The van der Waals surface area contributed by atoms with Crippen molar-refractivity contribution in [1.82, 2.24) is 9.80 Å². The minimum atomic E-state index is -0.125. The number of carbonyl (C=O) groups is 2. The molecule has 5 heteroatoms. The monoisotopic (exact) mass is 324 g/mol. The van der Waals surface area contributed by atoms with Gasteiger partial charge in [0.25, 0.3) is 5.91 Å². The topological polar surface area (TPSA) is 40.6 Å². The van der Waals surface area contributed by atoms with E-state index in [4.69, 9.17) is 0 Å². The Labute approximate surface area is 121 Å². The third-order valence-electron chi connectivity index (χ3n) is 3.27. The Morgan fingerprint density at radius 3 is 2.37 bits per heavy atom. The van der Waals surface area contributed by atoms with Gasteiger partial charge in [-0.2, -0.15) is 0 Å². The highest BCUT2D eigenvalue weighted by Gasteiger charge is 2.21. The van der Waals surface area contributed by atoms with Crippen molar-refractivity contribution in [3.63, 3.8) is 0 Å². The lowest BCUT2D eigenvalue weighted by Crippen LogP contribution is -2.39. The van der Waals surface area contributed by atoms with E-state index in [0.29, 0.717) is 5.56 Å². The van der Waals surface area contributed by atoms with Crippen LogP contribution >= 0.6 is 15.9 Å². The number of rotatable bonds is 3. The third-order valence-corrected chi connectivity index (χ3v) is 3.80. The molecule has 0 aromatic heterocycles. The van der Waals surface area contributed by atoms with Crippen LogP contribution in [0.2, 0.25) is 0 Å². The molecule has 0 atom stereocenters. The van der Waals surface area contributed by atoms with Crippen LogP contribution in [-0.4, -0.2) is 48.3 Å². The second-order valence-electron chi connectivity index (χ2n) is 4.76. The molecule has 2 amide bonds. The van der Waals surface area contributed by atoms with Gasteiger partial charge in [-0.3, -0.25) is 9.59 Å². The van der Waals surface area contributed by atoms with Gasteiger partial charge in [0.1, 0.15) is 0 Å². The van der Waals surface area contributed by atoms with Gasteiger partial charge in [0.05, 0.1) is 6.54 Å². The molecule has 0 bridgehead atoms. The second kappa shape index (κ2) is 6.19. The summed E-state index contributed by atoms with van der Waals surface area (Å²) < 4.78 is 0.930. The van der Waals surface area contributed by atoms with Crippen LogP contribution in [0.5, 0.6) is 0 Å². The third kappa shape index (κ3) is 3.56. The summed E-state index contributed by atoms with van der Waals surface area (Å²) in [6.07, 6.45) is 2.13. The van der Waals surface area contributed by atoms with Crippen LogP contribution in [0.15, 0.2) is 28.7 Å². The first-order valence-electron chi connectivity index (χ1n) is 6.37. The van der Waals surface area contributed by atoms with Gasteiger partial charge >= 0.3 is 0 Å². The van der Waals surface area contributed by atoms with E-state index in [1.54, 1.807) is 19.2 Å². The molecule has 0 spiro atoms. The predicted octanol–water partition coefficient (Wildman–Crippen LogP) is 2.14. The fraction of sp³-hybridized carbons (Fsp3) is 0.429. The van der Waals surface area contributed by atoms with Crippen molar-refractivity contribution >= 4 is 27.7 Å². The van der Waals surface area contributed by atoms with Gasteiger partial charge in [0, 0.05) is 30.2 Å². The van der Waals surface area contributed by atoms with Crippen molar-refractivity contribution in [2.75, 3.05) is 26.7 Å². The lowest BCUT2D eigenvalue weighted by molar-refractivity contribution is -0.130. The summed E-state index contributed by atoms with van der Waals surface area (Å²) in [6, 6.07) is 7.15. The average Bonchev–Trinajstić information content (AvgIpc) is 2.92. The molecule has 0 saturated carbocycles. The Hall–Kier alpha value is -1.36. The fourth-order valence-corrected chi connectivity index (χ4v) is 2.42. The highest BCUT2D eigenvalue weighted by Crippen LogP contribution is 2.12. The summed E-state index contributed by atoms with van der Waals surface area (Å²) in [5.74, 6) is -0.0921. The summed E-state index contributed by atoms with van der Waals surface area (Å²) in [4.78, 5) is 27.4. The summed E-state index contributed by atoms with van der Waals surface area (Å²) in [6.45, 7) is 1.78. The minimum Gasteiger partial charge on any atom is -0.341 e. The van der Waals surface area contributed by atoms with Crippen LogP contribution in [-0.2, 0) is 4.79 Å². The molecule has 1 heterocycles. The number of carbonyl (C=O) groups excluding carboxylic acids is 2. The molecule has 0 unspecified atom stereocenters. The summed E-state index contributed by atoms with van der Waals surface area (Å²) in [5, 5.41) is 0. The molecule has 0 N–H and O–H groups in total. The molecule has 1 aromatic rings. The Bertz CT molecular complexity index is 467. The van der Waals surface area contributed by atoms with E-state index in [1.165, 1.54) is 4.90 Å². The Kier molecular flexibility index (Phi) is 4.58. The molecule has 0 aliphatic carbocycles. The molecule has 1 saturated heterocycles. The van der Waals surface area contributed by atoms with Crippen molar-refractivity contribution < 1.29 is 9.59 Å². The zero-order valence-corrected chi connectivity index (χ0v) is 12.5. The van der Waals surface area contributed by atoms with E-state index in [1.807, 2.05) is 17.0 Å². The smallest absolute Gasteiger partial charge is 0.254 e. The van der Waals surface area contributed by atoms with Gasteiger partial charge in [0.15, 0.2) is 0 Å². The van der Waals surface area contributed by atoms with Gasteiger partial charge in [-0.25, -0.2) is 0 Å². The summed E-state index contributed by atoms with van der Waals surface area (Å²) in [5.41, 5.74) is 0.597. The summed E-state index contributed by atoms with van der Waals surface area (Å²) >= 11 is 3.33. The Balaban J connectivity index is 1.95. The average molecular weight is 325 g/mol. The van der Waals surface area contributed by atoms with Crippen LogP contribution in [0.25, 0.3) is 0 Å². The maximum absolute atomic E-state index is 12.1. The number of nitrogens with zero attached hydrogens (tertiary/aromatic N) is 2. The second-order valence-corrected chi connectivity index (χ2v) is 5.67. The first kappa shape index (κ1) is 14.1. The Morgan fingerprint density at radius 2 is 1.79 bits per heavy atom. The van der Waals surface area contributed by atoms with Crippen molar-refractivity contribution in [2.45, 2.75) is 12.8 Å². The molecule has 1 aliphatic heterocycles. The molecule has 2 rings (SSSR count). The number of benzene rings is 1.